The van der Waals surface area contributed by atoms with Crippen molar-refractivity contribution in [3.8, 4) is 0 Å². The van der Waals surface area contributed by atoms with Crippen LogP contribution >= 0.6 is 12.2 Å². The molecule has 0 saturated carbocycles. The van der Waals surface area contributed by atoms with E-state index in [1.54, 1.807) is 0 Å². The zero-order valence-electron chi connectivity index (χ0n) is 13.6. The maximum atomic E-state index is 11.9. The van der Waals surface area contributed by atoms with E-state index in [0.717, 1.165) is 42.7 Å². The first-order valence-corrected chi connectivity index (χ1v) is 8.40. The summed E-state index contributed by atoms with van der Waals surface area (Å²) in [4.78, 5) is 13.8. The number of aryl methyl sites for hydroxylation is 1. The highest BCUT2D eigenvalue weighted by atomic mass is 32.1. The first kappa shape index (κ1) is 16.7. The molecule has 4 nitrogen and oxygen atoms in total. The zero-order valence-corrected chi connectivity index (χ0v) is 14.4. The number of thiocarbonyl (C=S) groups is 1. The van der Waals surface area contributed by atoms with Crippen LogP contribution in [0.5, 0.6) is 0 Å². The van der Waals surface area contributed by atoms with Gasteiger partial charge in [0.2, 0.25) is 5.91 Å². The minimum Gasteiger partial charge on any atom is -0.360 e. The Morgan fingerprint density at radius 2 is 2.23 bits per heavy atom. The molecule has 1 saturated heterocycles. The van der Waals surface area contributed by atoms with Crippen molar-refractivity contribution in [2.24, 2.45) is 0 Å². The van der Waals surface area contributed by atoms with Crippen LogP contribution in [0.25, 0.3) is 0 Å². The summed E-state index contributed by atoms with van der Waals surface area (Å²) >= 11 is 5.36. The van der Waals surface area contributed by atoms with Crippen molar-refractivity contribution in [3.05, 3.63) is 23.8 Å². The normalized spacial score (nSPS) is 15.8. The van der Waals surface area contributed by atoms with Gasteiger partial charge in [-0.2, -0.15) is 0 Å². The average molecular weight is 319 g/mol. The maximum Gasteiger partial charge on any atom is 0.227 e. The molecule has 1 unspecified atom stereocenters. The number of carbonyl (C=O) groups excluding carboxylic acids is 1. The van der Waals surface area contributed by atoms with Crippen LogP contribution in [-0.2, 0) is 4.79 Å². The lowest BCUT2D eigenvalue weighted by atomic mass is 10.1. The molecule has 0 aliphatic carbocycles. The van der Waals surface area contributed by atoms with Gasteiger partial charge in [0.25, 0.3) is 0 Å². The van der Waals surface area contributed by atoms with Gasteiger partial charge in [0.05, 0.1) is 0 Å². The van der Waals surface area contributed by atoms with E-state index in [1.807, 2.05) is 30.0 Å². The quantitative estimate of drug-likeness (QED) is 0.814. The van der Waals surface area contributed by atoms with Crippen molar-refractivity contribution >= 4 is 34.6 Å². The summed E-state index contributed by atoms with van der Waals surface area (Å²) in [7, 11) is 0. The van der Waals surface area contributed by atoms with Crippen molar-refractivity contribution < 1.29 is 4.79 Å². The third kappa shape index (κ3) is 4.19. The number of carbonyl (C=O) groups is 1. The van der Waals surface area contributed by atoms with Crippen molar-refractivity contribution in [2.45, 2.75) is 52.5 Å². The molecule has 5 heteroatoms. The minimum atomic E-state index is 0.206. The predicted molar refractivity (Wildman–Crippen MR) is 96.5 cm³/mol. The summed E-state index contributed by atoms with van der Waals surface area (Å²) in [6, 6.07) is 6.39. The maximum absolute atomic E-state index is 11.9. The summed E-state index contributed by atoms with van der Waals surface area (Å²) in [5, 5.41) is 7.13. The molecule has 22 heavy (non-hydrogen) atoms. The summed E-state index contributed by atoms with van der Waals surface area (Å²) in [5.74, 6) is 0.206. The zero-order chi connectivity index (χ0) is 16.1. The largest absolute Gasteiger partial charge is 0.360 e. The highest BCUT2D eigenvalue weighted by molar-refractivity contribution is 7.80. The first-order chi connectivity index (χ1) is 10.5. The second kappa shape index (κ2) is 7.58. The Kier molecular flexibility index (Phi) is 5.77. The molecule has 0 aromatic heterocycles. The van der Waals surface area contributed by atoms with Crippen LogP contribution in [0.3, 0.4) is 0 Å². The molecule has 1 heterocycles. The Morgan fingerprint density at radius 3 is 2.86 bits per heavy atom. The smallest absolute Gasteiger partial charge is 0.227 e. The molecule has 1 aromatic carbocycles. The van der Waals surface area contributed by atoms with E-state index in [4.69, 9.17) is 12.2 Å². The van der Waals surface area contributed by atoms with Crippen LogP contribution in [0.4, 0.5) is 11.4 Å². The molecule has 2 rings (SSSR count). The van der Waals surface area contributed by atoms with E-state index in [2.05, 4.69) is 24.5 Å². The Bertz CT molecular complexity index is 559. The average Bonchev–Trinajstić information content (AvgIpc) is 2.87. The molecule has 1 aliphatic rings. The lowest BCUT2D eigenvalue weighted by molar-refractivity contribution is -0.117. The number of nitrogens with one attached hydrogen (secondary N) is 2. The van der Waals surface area contributed by atoms with Gasteiger partial charge in [-0.25, -0.2) is 0 Å². The summed E-state index contributed by atoms with van der Waals surface area (Å²) in [6.07, 6.45) is 3.79. The van der Waals surface area contributed by atoms with E-state index in [0.29, 0.717) is 17.6 Å². The van der Waals surface area contributed by atoms with Gasteiger partial charge >= 0.3 is 0 Å². The number of amides is 1. The Labute approximate surface area is 138 Å². The molecule has 1 aromatic rings. The number of rotatable bonds is 5. The standard InChI is InChI=1S/C17H25N3OS/c1-4-6-13(3)18-17(22)19-14-9-8-12(2)15(11-14)20-10-5-7-16(20)21/h8-9,11,13H,4-7,10H2,1-3H3,(H2,18,19,22). The van der Waals surface area contributed by atoms with E-state index >= 15 is 0 Å². The molecule has 1 amide bonds. The number of benzene rings is 1. The van der Waals surface area contributed by atoms with Crippen molar-refractivity contribution in [2.75, 3.05) is 16.8 Å². The van der Waals surface area contributed by atoms with Crippen LogP contribution in [0, 0.1) is 6.92 Å². The fourth-order valence-electron chi connectivity index (χ4n) is 2.78. The minimum absolute atomic E-state index is 0.206. The molecular formula is C17H25N3OS. The molecule has 2 N–H and O–H groups in total. The third-order valence-corrected chi connectivity index (χ3v) is 4.15. The molecule has 0 bridgehead atoms. The highest BCUT2D eigenvalue weighted by Crippen LogP contribution is 2.28. The van der Waals surface area contributed by atoms with Gasteiger partial charge in [0.1, 0.15) is 0 Å². The third-order valence-electron chi connectivity index (χ3n) is 3.93. The summed E-state index contributed by atoms with van der Waals surface area (Å²) in [6.45, 7) is 7.12. The number of anilines is 2. The van der Waals surface area contributed by atoms with Crippen molar-refractivity contribution in [1.82, 2.24) is 5.32 Å². The Balaban J connectivity index is 2.06. The van der Waals surface area contributed by atoms with Crippen LogP contribution in [0.1, 0.15) is 45.1 Å². The molecule has 120 valence electrons. The van der Waals surface area contributed by atoms with E-state index in [1.165, 1.54) is 0 Å². The Hall–Kier alpha value is -1.62. The van der Waals surface area contributed by atoms with Crippen molar-refractivity contribution in [3.63, 3.8) is 0 Å². The second-order valence-electron chi connectivity index (χ2n) is 5.94. The Morgan fingerprint density at radius 1 is 1.45 bits per heavy atom. The molecule has 0 radical (unpaired) electrons. The summed E-state index contributed by atoms with van der Waals surface area (Å²) in [5.41, 5.74) is 3.01. The van der Waals surface area contributed by atoms with E-state index in [-0.39, 0.29) is 5.91 Å². The van der Waals surface area contributed by atoms with Crippen LogP contribution < -0.4 is 15.5 Å². The van der Waals surface area contributed by atoms with Gasteiger partial charge in [-0.1, -0.05) is 19.4 Å². The van der Waals surface area contributed by atoms with Crippen LogP contribution in [0.15, 0.2) is 18.2 Å². The van der Waals surface area contributed by atoms with Gasteiger partial charge < -0.3 is 15.5 Å². The monoisotopic (exact) mass is 319 g/mol. The fraction of sp³-hybridized carbons (Fsp3) is 0.529. The number of hydrogen-bond donors (Lipinski definition) is 2. The molecular weight excluding hydrogens is 294 g/mol. The van der Waals surface area contributed by atoms with Gasteiger partial charge in [-0.3, -0.25) is 4.79 Å². The molecule has 1 atom stereocenters. The lowest BCUT2D eigenvalue weighted by Gasteiger charge is -2.21. The SMILES string of the molecule is CCCC(C)NC(=S)Nc1ccc(C)c(N2CCCC2=O)c1. The first-order valence-electron chi connectivity index (χ1n) is 7.99. The predicted octanol–water partition coefficient (Wildman–Crippen LogP) is 3.60. The topological polar surface area (TPSA) is 44.4 Å². The molecule has 1 fully saturated rings. The van der Waals surface area contributed by atoms with Gasteiger partial charge in [-0.05, 0) is 56.6 Å². The van der Waals surface area contributed by atoms with Crippen molar-refractivity contribution in [1.29, 1.82) is 0 Å². The van der Waals surface area contributed by atoms with E-state index < -0.39 is 0 Å². The second-order valence-corrected chi connectivity index (χ2v) is 6.35. The molecule has 0 spiro atoms. The van der Waals surface area contributed by atoms with Gasteiger partial charge in [0.15, 0.2) is 5.11 Å². The van der Waals surface area contributed by atoms with Gasteiger partial charge in [-0.15, -0.1) is 0 Å². The van der Waals surface area contributed by atoms with Crippen LogP contribution in [-0.4, -0.2) is 23.6 Å². The van der Waals surface area contributed by atoms with Gasteiger partial charge in [0, 0.05) is 30.4 Å². The molecule has 1 aliphatic heterocycles. The fourth-order valence-corrected chi connectivity index (χ4v) is 3.10. The summed E-state index contributed by atoms with van der Waals surface area (Å²) < 4.78 is 0. The number of hydrogen-bond acceptors (Lipinski definition) is 2. The van der Waals surface area contributed by atoms with Crippen LogP contribution in [0.2, 0.25) is 0 Å². The highest BCUT2D eigenvalue weighted by Gasteiger charge is 2.23. The lowest BCUT2D eigenvalue weighted by Crippen LogP contribution is -2.35. The number of nitrogens with zero attached hydrogens (tertiary/aromatic N) is 1. The van der Waals surface area contributed by atoms with E-state index in [9.17, 15) is 4.79 Å².